The molecule has 0 saturated carbocycles. The number of rotatable bonds is 4. The van der Waals surface area contributed by atoms with Crippen LogP contribution in [0.1, 0.15) is 5.56 Å². The maximum Gasteiger partial charge on any atom is 0.343 e. The van der Waals surface area contributed by atoms with E-state index < -0.39 is 17.5 Å². The number of halogens is 1. The molecule has 0 aliphatic heterocycles. The van der Waals surface area contributed by atoms with Crippen LogP contribution in [0.2, 0.25) is 5.02 Å². The van der Waals surface area contributed by atoms with Gasteiger partial charge in [-0.1, -0.05) is 11.6 Å². The summed E-state index contributed by atoms with van der Waals surface area (Å²) in [5.74, 6) is -2.73. The standard InChI is InChI=1S/C11H9ClO5/c1-17-9-5-7(12)3-2-6(9)4-8(10(13)14)11(15)16/h2-5H,1H3,(H,13,14)(H,15,16). The molecule has 0 spiro atoms. The smallest absolute Gasteiger partial charge is 0.343 e. The average Bonchev–Trinajstić information content (AvgIpc) is 2.26. The summed E-state index contributed by atoms with van der Waals surface area (Å²) < 4.78 is 4.97. The Balaban J connectivity index is 3.29. The van der Waals surface area contributed by atoms with Crippen LogP contribution in [0, 0.1) is 0 Å². The third-order valence-corrected chi connectivity index (χ3v) is 2.19. The molecule has 5 nitrogen and oxygen atoms in total. The Bertz CT molecular complexity index is 477. The Morgan fingerprint density at radius 3 is 2.35 bits per heavy atom. The van der Waals surface area contributed by atoms with Gasteiger partial charge >= 0.3 is 11.9 Å². The number of benzene rings is 1. The molecule has 0 aromatic heterocycles. The molecule has 1 rings (SSSR count). The summed E-state index contributed by atoms with van der Waals surface area (Å²) in [5.41, 5.74) is -0.415. The lowest BCUT2D eigenvalue weighted by atomic mass is 10.1. The predicted molar refractivity (Wildman–Crippen MR) is 61.3 cm³/mol. The SMILES string of the molecule is COc1cc(Cl)ccc1C=C(C(=O)O)C(=O)O. The summed E-state index contributed by atoms with van der Waals surface area (Å²) in [7, 11) is 1.38. The Kier molecular flexibility index (Phi) is 4.12. The third-order valence-electron chi connectivity index (χ3n) is 1.96. The molecule has 6 heteroatoms. The molecule has 2 N–H and O–H groups in total. The van der Waals surface area contributed by atoms with Crippen molar-refractivity contribution in [3.05, 3.63) is 34.4 Å². The summed E-state index contributed by atoms with van der Waals surface area (Å²) in [6, 6.07) is 4.46. The van der Waals surface area contributed by atoms with Gasteiger partial charge in [-0.05, 0) is 24.3 Å². The van der Waals surface area contributed by atoms with Crippen molar-refractivity contribution in [3.63, 3.8) is 0 Å². The highest BCUT2D eigenvalue weighted by Crippen LogP contribution is 2.25. The largest absolute Gasteiger partial charge is 0.496 e. The quantitative estimate of drug-likeness (QED) is 0.488. The van der Waals surface area contributed by atoms with E-state index >= 15 is 0 Å². The van der Waals surface area contributed by atoms with Crippen LogP contribution < -0.4 is 4.74 Å². The van der Waals surface area contributed by atoms with E-state index in [2.05, 4.69) is 0 Å². The lowest BCUT2D eigenvalue weighted by Crippen LogP contribution is -2.10. The maximum absolute atomic E-state index is 10.7. The minimum Gasteiger partial charge on any atom is -0.496 e. The first kappa shape index (κ1) is 13.1. The fraction of sp³-hybridized carbons (Fsp3) is 0.0909. The normalized spacial score (nSPS) is 9.53. The molecule has 0 fully saturated rings. The molecule has 17 heavy (non-hydrogen) atoms. The number of hydrogen-bond acceptors (Lipinski definition) is 3. The van der Waals surface area contributed by atoms with E-state index in [1.54, 1.807) is 0 Å². The lowest BCUT2D eigenvalue weighted by Gasteiger charge is -2.05. The van der Waals surface area contributed by atoms with E-state index in [0.29, 0.717) is 16.3 Å². The molecule has 1 aromatic carbocycles. The number of methoxy groups -OCH3 is 1. The Labute approximate surface area is 102 Å². The van der Waals surface area contributed by atoms with E-state index in [-0.39, 0.29) is 0 Å². The summed E-state index contributed by atoms with van der Waals surface area (Å²) in [4.78, 5) is 21.4. The third kappa shape index (κ3) is 3.22. The fourth-order valence-electron chi connectivity index (χ4n) is 1.17. The van der Waals surface area contributed by atoms with Crippen molar-refractivity contribution < 1.29 is 24.5 Å². The molecule has 0 bridgehead atoms. The highest BCUT2D eigenvalue weighted by molar-refractivity contribution is 6.30. The van der Waals surface area contributed by atoms with Crippen LogP contribution in [-0.4, -0.2) is 29.3 Å². The van der Waals surface area contributed by atoms with Crippen molar-refractivity contribution >= 4 is 29.6 Å². The summed E-state index contributed by atoms with van der Waals surface area (Å²) in [5, 5.41) is 17.8. The number of carboxylic acids is 2. The first-order chi connectivity index (χ1) is 7.95. The van der Waals surface area contributed by atoms with Crippen LogP contribution in [0.3, 0.4) is 0 Å². The van der Waals surface area contributed by atoms with Gasteiger partial charge in [0, 0.05) is 10.6 Å². The molecule has 0 heterocycles. The second-order valence-electron chi connectivity index (χ2n) is 3.05. The fourth-order valence-corrected chi connectivity index (χ4v) is 1.34. The van der Waals surface area contributed by atoms with Crippen molar-refractivity contribution in [1.29, 1.82) is 0 Å². The molecule has 0 aliphatic carbocycles. The van der Waals surface area contributed by atoms with Gasteiger partial charge < -0.3 is 14.9 Å². The van der Waals surface area contributed by atoms with Crippen LogP contribution in [0.25, 0.3) is 6.08 Å². The first-order valence-corrected chi connectivity index (χ1v) is 4.85. The number of hydrogen-bond donors (Lipinski definition) is 2. The summed E-state index contributed by atoms with van der Waals surface area (Å²) in [6.45, 7) is 0. The van der Waals surface area contributed by atoms with Gasteiger partial charge in [0.15, 0.2) is 0 Å². The van der Waals surface area contributed by atoms with Crippen molar-refractivity contribution in [3.8, 4) is 5.75 Å². The highest BCUT2D eigenvalue weighted by Gasteiger charge is 2.16. The van der Waals surface area contributed by atoms with Gasteiger partial charge in [0.05, 0.1) is 7.11 Å². The zero-order valence-corrected chi connectivity index (χ0v) is 9.56. The summed E-state index contributed by atoms with van der Waals surface area (Å²) >= 11 is 5.72. The molecule has 0 radical (unpaired) electrons. The molecule has 90 valence electrons. The van der Waals surface area contributed by atoms with E-state index in [4.69, 9.17) is 26.6 Å². The van der Waals surface area contributed by atoms with Gasteiger partial charge in [0.25, 0.3) is 0 Å². The number of carboxylic acid groups (broad SMARTS) is 2. The van der Waals surface area contributed by atoms with E-state index in [1.165, 1.54) is 25.3 Å². The number of aliphatic carboxylic acids is 2. The number of carbonyl (C=O) groups is 2. The molecular weight excluding hydrogens is 248 g/mol. The van der Waals surface area contributed by atoms with E-state index in [0.717, 1.165) is 6.08 Å². The zero-order chi connectivity index (χ0) is 13.0. The lowest BCUT2D eigenvalue weighted by molar-refractivity contribution is -0.139. The molecule has 0 aliphatic rings. The molecule has 0 saturated heterocycles. The van der Waals surface area contributed by atoms with Crippen molar-refractivity contribution in [2.75, 3.05) is 7.11 Å². The van der Waals surface area contributed by atoms with Crippen LogP contribution >= 0.6 is 11.6 Å². The second kappa shape index (κ2) is 5.36. The minimum absolute atomic E-state index is 0.303. The van der Waals surface area contributed by atoms with E-state index in [1.807, 2.05) is 0 Å². The van der Waals surface area contributed by atoms with Crippen molar-refractivity contribution in [1.82, 2.24) is 0 Å². The summed E-state index contributed by atoms with van der Waals surface area (Å²) in [6.07, 6.45) is 1.01. The Hall–Kier alpha value is -2.01. The maximum atomic E-state index is 10.7. The topological polar surface area (TPSA) is 83.8 Å². The van der Waals surface area contributed by atoms with Crippen molar-refractivity contribution in [2.24, 2.45) is 0 Å². The second-order valence-corrected chi connectivity index (χ2v) is 3.49. The van der Waals surface area contributed by atoms with Crippen LogP contribution in [-0.2, 0) is 9.59 Å². The number of ether oxygens (including phenoxy) is 1. The molecule has 0 atom stereocenters. The average molecular weight is 257 g/mol. The Morgan fingerprint density at radius 2 is 1.88 bits per heavy atom. The first-order valence-electron chi connectivity index (χ1n) is 4.47. The molecule has 0 unspecified atom stereocenters. The van der Waals surface area contributed by atoms with Gasteiger partial charge in [-0.2, -0.15) is 0 Å². The van der Waals surface area contributed by atoms with Gasteiger partial charge in [-0.15, -0.1) is 0 Å². The van der Waals surface area contributed by atoms with Crippen LogP contribution in [0.15, 0.2) is 23.8 Å². The monoisotopic (exact) mass is 256 g/mol. The van der Waals surface area contributed by atoms with Gasteiger partial charge in [0.2, 0.25) is 0 Å². The molecular formula is C11H9ClO5. The van der Waals surface area contributed by atoms with Crippen LogP contribution in [0.5, 0.6) is 5.75 Å². The highest BCUT2D eigenvalue weighted by atomic mass is 35.5. The molecule has 0 amide bonds. The van der Waals surface area contributed by atoms with Crippen molar-refractivity contribution in [2.45, 2.75) is 0 Å². The van der Waals surface area contributed by atoms with Gasteiger partial charge in [-0.25, -0.2) is 9.59 Å². The van der Waals surface area contributed by atoms with Gasteiger partial charge in [-0.3, -0.25) is 0 Å². The minimum atomic E-state index is -1.52. The molecule has 1 aromatic rings. The predicted octanol–water partition coefficient (Wildman–Crippen LogP) is 1.90. The zero-order valence-electron chi connectivity index (χ0n) is 8.81. The van der Waals surface area contributed by atoms with E-state index in [9.17, 15) is 9.59 Å². The van der Waals surface area contributed by atoms with Crippen LogP contribution in [0.4, 0.5) is 0 Å². The van der Waals surface area contributed by atoms with Gasteiger partial charge in [0.1, 0.15) is 11.3 Å². The Morgan fingerprint density at radius 1 is 1.29 bits per heavy atom.